The normalized spacial score (nSPS) is 35.1. The van der Waals surface area contributed by atoms with Crippen molar-refractivity contribution >= 4 is 26.8 Å². The second kappa shape index (κ2) is 5.28. The van der Waals surface area contributed by atoms with E-state index in [9.17, 15) is 0 Å². The lowest BCUT2D eigenvalue weighted by molar-refractivity contribution is 0.0730. The van der Waals surface area contributed by atoms with E-state index in [0.29, 0.717) is 23.9 Å². The minimum absolute atomic E-state index is 0.00537. The minimum atomic E-state index is -0.0509. The summed E-state index contributed by atoms with van der Waals surface area (Å²) in [5.74, 6) is 1.91. The first-order chi connectivity index (χ1) is 13.6. The molecule has 0 amide bonds. The molecule has 6 atom stereocenters. The Morgan fingerprint density at radius 1 is 1.18 bits per heavy atom. The number of nitrogens with zero attached hydrogens (tertiary/aromatic N) is 1. The number of halogens is 2. The van der Waals surface area contributed by atoms with E-state index in [0.717, 1.165) is 22.4 Å². The van der Waals surface area contributed by atoms with E-state index in [1.54, 1.807) is 6.07 Å². The molecule has 5 aliphatic rings. The molecule has 28 heavy (non-hydrogen) atoms. The molecular weight excluding hydrogens is 415 g/mol. The summed E-state index contributed by atoms with van der Waals surface area (Å²) >= 11 is 3.57. The van der Waals surface area contributed by atoms with Gasteiger partial charge < -0.3 is 4.98 Å². The molecule has 0 saturated heterocycles. The summed E-state index contributed by atoms with van der Waals surface area (Å²) in [7, 11) is 0. The standard InChI is InChI=1S/C24H22BrFN2/c1-11-6-15-14-4-2-3-5-19(14)27-23(15)24-22-17(9-13(25)10-18(22)26)21-12-7-16(21)20(8-12)28(11)24/h2-5,9-12,16,20-21,24,27H,6-8H2,1H3/t11-,12?,16?,20-,21?,24-/m1/s1. The van der Waals surface area contributed by atoms with Crippen molar-refractivity contribution in [1.29, 1.82) is 0 Å². The van der Waals surface area contributed by atoms with Gasteiger partial charge in [0.2, 0.25) is 0 Å². The van der Waals surface area contributed by atoms with E-state index in [1.807, 2.05) is 0 Å². The summed E-state index contributed by atoms with van der Waals surface area (Å²) in [6.07, 6.45) is 3.64. The Hall–Kier alpha value is -1.65. The molecule has 3 fully saturated rings. The largest absolute Gasteiger partial charge is 0.357 e. The first kappa shape index (κ1) is 16.2. The van der Waals surface area contributed by atoms with Crippen molar-refractivity contribution < 1.29 is 4.39 Å². The third-order valence-corrected chi connectivity index (χ3v) is 8.61. The molecule has 2 aliphatic heterocycles. The SMILES string of the molecule is C[C@@H]1Cc2c([nH]c3ccccc23)[C@H]2c3c(F)cc(Br)cc3C3C4CC3[C@@H](C4)N21. The summed E-state index contributed by atoms with van der Waals surface area (Å²) in [5, 5.41) is 1.31. The fourth-order valence-corrected chi connectivity index (χ4v) is 7.66. The molecule has 3 aliphatic carbocycles. The third kappa shape index (κ3) is 1.82. The number of rotatable bonds is 0. The molecule has 4 heteroatoms. The van der Waals surface area contributed by atoms with Gasteiger partial charge in [-0.15, -0.1) is 0 Å². The van der Waals surface area contributed by atoms with Gasteiger partial charge >= 0.3 is 0 Å². The van der Waals surface area contributed by atoms with Crippen LogP contribution in [0.25, 0.3) is 10.9 Å². The van der Waals surface area contributed by atoms with Crippen LogP contribution in [0.5, 0.6) is 0 Å². The van der Waals surface area contributed by atoms with E-state index >= 15 is 4.39 Å². The van der Waals surface area contributed by atoms with Crippen LogP contribution in [0.4, 0.5) is 4.39 Å². The molecule has 1 N–H and O–H groups in total. The zero-order chi connectivity index (χ0) is 18.7. The maximum absolute atomic E-state index is 15.6. The van der Waals surface area contributed by atoms with Gasteiger partial charge in [0.1, 0.15) is 5.82 Å². The molecule has 0 radical (unpaired) electrons. The predicted molar refractivity (Wildman–Crippen MR) is 112 cm³/mol. The first-order valence-electron chi connectivity index (χ1n) is 10.5. The van der Waals surface area contributed by atoms with Gasteiger partial charge in [0.05, 0.1) is 6.04 Å². The van der Waals surface area contributed by atoms with Gasteiger partial charge in [-0.1, -0.05) is 34.1 Å². The Balaban J connectivity index is 1.56. The number of nitrogens with one attached hydrogen (secondary N) is 1. The molecule has 3 aromatic rings. The Bertz CT molecular complexity index is 1150. The summed E-state index contributed by atoms with van der Waals surface area (Å²) in [4.78, 5) is 6.40. The Morgan fingerprint density at radius 2 is 2.04 bits per heavy atom. The van der Waals surface area contributed by atoms with E-state index in [4.69, 9.17) is 0 Å². The maximum Gasteiger partial charge on any atom is 0.129 e. The second-order valence-electron chi connectivity index (χ2n) is 9.34. The van der Waals surface area contributed by atoms with E-state index < -0.39 is 0 Å². The molecule has 0 spiro atoms. The Kier molecular flexibility index (Phi) is 3.05. The van der Waals surface area contributed by atoms with Crippen LogP contribution in [-0.2, 0) is 6.42 Å². The number of para-hydroxylation sites is 1. The van der Waals surface area contributed by atoms with Crippen molar-refractivity contribution in [3.05, 3.63) is 69.1 Å². The van der Waals surface area contributed by atoms with Crippen molar-refractivity contribution in [3.8, 4) is 0 Å². The molecular formula is C24H22BrFN2. The van der Waals surface area contributed by atoms with Crippen molar-refractivity contribution in [2.45, 2.75) is 50.2 Å². The van der Waals surface area contributed by atoms with E-state index in [2.05, 4.69) is 63.1 Å². The zero-order valence-corrected chi connectivity index (χ0v) is 17.3. The highest BCUT2D eigenvalue weighted by atomic mass is 79.9. The first-order valence-corrected chi connectivity index (χ1v) is 11.3. The Labute approximate surface area is 172 Å². The lowest BCUT2D eigenvalue weighted by Crippen LogP contribution is -2.48. The van der Waals surface area contributed by atoms with Crippen molar-refractivity contribution in [2.75, 3.05) is 0 Å². The number of hydrogen-bond acceptors (Lipinski definition) is 1. The molecule has 142 valence electrons. The highest BCUT2D eigenvalue weighted by Crippen LogP contribution is 2.65. The number of benzene rings is 2. The summed E-state index contributed by atoms with van der Waals surface area (Å²) in [5.41, 5.74) is 6.00. The van der Waals surface area contributed by atoms with Crippen LogP contribution in [0.1, 0.15) is 54.1 Å². The van der Waals surface area contributed by atoms with Crippen LogP contribution in [0.3, 0.4) is 0 Å². The van der Waals surface area contributed by atoms with Crippen molar-refractivity contribution in [2.24, 2.45) is 11.8 Å². The van der Waals surface area contributed by atoms with Crippen LogP contribution in [0, 0.1) is 17.7 Å². The monoisotopic (exact) mass is 436 g/mol. The van der Waals surface area contributed by atoms with Crippen LogP contribution >= 0.6 is 15.9 Å². The van der Waals surface area contributed by atoms with Gasteiger partial charge in [0, 0.05) is 38.7 Å². The van der Waals surface area contributed by atoms with E-state index in [-0.39, 0.29) is 11.9 Å². The van der Waals surface area contributed by atoms with Gasteiger partial charge in [-0.3, -0.25) is 4.90 Å². The molecule has 3 saturated carbocycles. The van der Waals surface area contributed by atoms with Crippen LogP contribution in [0.2, 0.25) is 0 Å². The second-order valence-corrected chi connectivity index (χ2v) is 10.3. The molecule has 3 heterocycles. The molecule has 1 aromatic heterocycles. The highest BCUT2D eigenvalue weighted by molar-refractivity contribution is 9.10. The van der Waals surface area contributed by atoms with Crippen molar-refractivity contribution in [1.82, 2.24) is 9.88 Å². The fraction of sp³-hybridized carbons (Fsp3) is 0.417. The molecule has 2 aromatic carbocycles. The molecule has 8 rings (SSSR count). The number of aromatic nitrogens is 1. The average molecular weight is 437 g/mol. The van der Waals surface area contributed by atoms with E-state index in [1.165, 1.54) is 40.6 Å². The predicted octanol–water partition coefficient (Wildman–Crippen LogP) is 5.91. The molecule has 4 bridgehead atoms. The molecule has 2 nitrogen and oxygen atoms in total. The Morgan fingerprint density at radius 3 is 2.93 bits per heavy atom. The lowest BCUT2D eigenvalue weighted by Gasteiger charge is -2.44. The highest BCUT2D eigenvalue weighted by Gasteiger charge is 2.60. The number of aromatic amines is 1. The van der Waals surface area contributed by atoms with Gasteiger partial charge in [0.25, 0.3) is 0 Å². The van der Waals surface area contributed by atoms with Crippen molar-refractivity contribution in [3.63, 3.8) is 0 Å². The fourth-order valence-electron chi connectivity index (χ4n) is 7.21. The molecule has 3 unspecified atom stereocenters. The van der Waals surface area contributed by atoms with Crippen LogP contribution in [-0.4, -0.2) is 22.0 Å². The average Bonchev–Trinajstić information content (AvgIpc) is 3.30. The lowest BCUT2D eigenvalue weighted by atomic mass is 9.67. The maximum atomic E-state index is 15.6. The van der Waals surface area contributed by atoms with Crippen LogP contribution in [0.15, 0.2) is 40.9 Å². The smallest absolute Gasteiger partial charge is 0.129 e. The van der Waals surface area contributed by atoms with Gasteiger partial charge in [0.15, 0.2) is 0 Å². The zero-order valence-electron chi connectivity index (χ0n) is 15.8. The van der Waals surface area contributed by atoms with Gasteiger partial charge in [-0.05, 0) is 73.3 Å². The summed E-state index contributed by atoms with van der Waals surface area (Å²) in [6, 6.07) is 13.5. The van der Waals surface area contributed by atoms with Crippen LogP contribution < -0.4 is 0 Å². The quantitative estimate of drug-likeness (QED) is 0.463. The third-order valence-electron chi connectivity index (χ3n) is 8.15. The van der Waals surface area contributed by atoms with Gasteiger partial charge in [-0.25, -0.2) is 4.39 Å². The number of hydrogen-bond donors (Lipinski definition) is 1. The number of H-pyrrole nitrogens is 1. The minimum Gasteiger partial charge on any atom is -0.357 e. The summed E-state index contributed by atoms with van der Waals surface area (Å²) in [6.45, 7) is 2.35. The number of fused-ring (bicyclic) bond motifs is 7. The van der Waals surface area contributed by atoms with Gasteiger partial charge in [-0.2, -0.15) is 0 Å². The topological polar surface area (TPSA) is 19.0 Å². The summed E-state index contributed by atoms with van der Waals surface area (Å²) < 4.78 is 16.4.